The van der Waals surface area contributed by atoms with E-state index in [9.17, 15) is 10.1 Å². The predicted molar refractivity (Wildman–Crippen MR) is 86.5 cm³/mol. The van der Waals surface area contributed by atoms with Gasteiger partial charge < -0.3 is 10.6 Å². The normalized spacial score (nSPS) is 22.4. The molecule has 2 N–H and O–H groups in total. The Labute approximate surface area is 133 Å². The van der Waals surface area contributed by atoms with Crippen molar-refractivity contribution in [3.05, 3.63) is 52.2 Å². The maximum atomic E-state index is 11.1. The summed E-state index contributed by atoms with van der Waals surface area (Å²) in [6.45, 7) is 0. The van der Waals surface area contributed by atoms with E-state index in [-0.39, 0.29) is 11.7 Å². The summed E-state index contributed by atoms with van der Waals surface area (Å²) in [4.78, 5) is 19.0. The molecule has 2 saturated carbocycles. The van der Waals surface area contributed by atoms with Crippen molar-refractivity contribution >= 4 is 17.5 Å². The van der Waals surface area contributed by atoms with Gasteiger partial charge in [0, 0.05) is 18.0 Å². The van der Waals surface area contributed by atoms with E-state index >= 15 is 0 Å². The van der Waals surface area contributed by atoms with E-state index in [1.165, 1.54) is 11.8 Å². The van der Waals surface area contributed by atoms with E-state index in [4.69, 9.17) is 0 Å². The third-order valence-corrected chi connectivity index (χ3v) is 4.22. The van der Waals surface area contributed by atoms with Crippen molar-refractivity contribution in [2.45, 2.75) is 37.3 Å². The van der Waals surface area contributed by atoms with Crippen LogP contribution in [0.5, 0.6) is 0 Å². The fraction of sp³-hybridized carbons (Fsp3) is 0.375. The van der Waals surface area contributed by atoms with Crippen molar-refractivity contribution < 1.29 is 4.92 Å². The third kappa shape index (κ3) is 3.08. The average molecular weight is 311 g/mol. The fourth-order valence-electron chi connectivity index (χ4n) is 2.69. The van der Waals surface area contributed by atoms with Gasteiger partial charge in [0.25, 0.3) is 0 Å². The summed E-state index contributed by atoms with van der Waals surface area (Å²) >= 11 is 0. The highest BCUT2D eigenvalue weighted by Crippen LogP contribution is 2.42. The Morgan fingerprint density at radius 3 is 2.65 bits per heavy atom. The predicted octanol–water partition coefficient (Wildman–Crippen LogP) is 2.93. The Bertz CT molecular complexity index is 733. The molecule has 0 unspecified atom stereocenters. The number of nitro groups is 1. The molecule has 2 atom stereocenters. The lowest BCUT2D eigenvalue weighted by Crippen LogP contribution is -2.12. The van der Waals surface area contributed by atoms with Crippen LogP contribution in [0.25, 0.3) is 0 Å². The summed E-state index contributed by atoms with van der Waals surface area (Å²) in [7, 11) is 0. The van der Waals surface area contributed by atoms with E-state index in [1.807, 2.05) is 18.2 Å². The molecule has 0 spiro atoms. The second-order valence-electron chi connectivity index (χ2n) is 6.11. The molecule has 0 aliphatic heterocycles. The zero-order valence-electron chi connectivity index (χ0n) is 12.5. The summed E-state index contributed by atoms with van der Waals surface area (Å²) in [5.41, 5.74) is 1.22. The smallest absolute Gasteiger partial charge is 0.329 e. The SMILES string of the molecule is O=[N+]([O-])c1cnc(N[C@H]2C[C@H]2c2ccccc2)nc1NC1CC1. The molecule has 7 heteroatoms. The molecular weight excluding hydrogens is 294 g/mol. The monoisotopic (exact) mass is 311 g/mol. The minimum absolute atomic E-state index is 0.0714. The molecule has 2 fully saturated rings. The van der Waals surface area contributed by atoms with Crippen molar-refractivity contribution in [2.75, 3.05) is 10.6 Å². The highest BCUT2D eigenvalue weighted by molar-refractivity contribution is 5.58. The zero-order chi connectivity index (χ0) is 15.8. The summed E-state index contributed by atoms with van der Waals surface area (Å²) in [6.07, 6.45) is 4.36. The van der Waals surface area contributed by atoms with Crippen LogP contribution in [0.3, 0.4) is 0 Å². The lowest BCUT2D eigenvalue weighted by molar-refractivity contribution is -0.384. The van der Waals surface area contributed by atoms with Crippen LogP contribution >= 0.6 is 0 Å². The van der Waals surface area contributed by atoms with Gasteiger partial charge in [-0.25, -0.2) is 4.98 Å². The van der Waals surface area contributed by atoms with Gasteiger partial charge in [0.1, 0.15) is 6.20 Å². The van der Waals surface area contributed by atoms with Crippen LogP contribution in [-0.2, 0) is 0 Å². The van der Waals surface area contributed by atoms with Crippen LogP contribution < -0.4 is 10.6 Å². The van der Waals surface area contributed by atoms with E-state index < -0.39 is 4.92 Å². The van der Waals surface area contributed by atoms with E-state index in [0.29, 0.717) is 23.7 Å². The molecule has 1 aromatic carbocycles. The molecule has 0 saturated heterocycles. The number of benzene rings is 1. The lowest BCUT2D eigenvalue weighted by atomic mass is 10.1. The van der Waals surface area contributed by atoms with Gasteiger partial charge in [0.15, 0.2) is 0 Å². The summed E-state index contributed by atoms with van der Waals surface area (Å²) < 4.78 is 0. The maximum absolute atomic E-state index is 11.1. The first-order chi connectivity index (χ1) is 11.2. The van der Waals surface area contributed by atoms with Crippen molar-refractivity contribution in [1.82, 2.24) is 9.97 Å². The van der Waals surface area contributed by atoms with Crippen LogP contribution in [0.4, 0.5) is 17.5 Å². The molecular formula is C16H17N5O2. The largest absolute Gasteiger partial charge is 0.361 e. The van der Waals surface area contributed by atoms with Crippen molar-refractivity contribution in [2.24, 2.45) is 0 Å². The Morgan fingerprint density at radius 2 is 1.96 bits per heavy atom. The third-order valence-electron chi connectivity index (χ3n) is 4.22. The molecule has 2 aromatic rings. The summed E-state index contributed by atoms with van der Waals surface area (Å²) in [5, 5.41) is 17.5. The van der Waals surface area contributed by atoms with Crippen LogP contribution in [0.2, 0.25) is 0 Å². The van der Waals surface area contributed by atoms with Gasteiger partial charge in [-0.15, -0.1) is 0 Å². The Hall–Kier alpha value is -2.70. The fourth-order valence-corrected chi connectivity index (χ4v) is 2.69. The quantitative estimate of drug-likeness (QED) is 0.629. The van der Waals surface area contributed by atoms with Crippen molar-refractivity contribution in [1.29, 1.82) is 0 Å². The molecule has 2 aliphatic carbocycles. The molecule has 7 nitrogen and oxygen atoms in total. The van der Waals surface area contributed by atoms with Crippen LogP contribution in [0.1, 0.15) is 30.7 Å². The van der Waals surface area contributed by atoms with Gasteiger partial charge in [0.05, 0.1) is 4.92 Å². The minimum Gasteiger partial charge on any atom is -0.361 e. The van der Waals surface area contributed by atoms with Gasteiger partial charge in [-0.05, 0) is 24.8 Å². The highest BCUT2D eigenvalue weighted by Gasteiger charge is 2.39. The molecule has 23 heavy (non-hydrogen) atoms. The van der Waals surface area contributed by atoms with Gasteiger partial charge in [-0.1, -0.05) is 30.3 Å². The molecule has 118 valence electrons. The number of hydrogen-bond acceptors (Lipinski definition) is 6. The van der Waals surface area contributed by atoms with Crippen molar-refractivity contribution in [3.63, 3.8) is 0 Å². The van der Waals surface area contributed by atoms with E-state index in [2.05, 4.69) is 32.7 Å². The van der Waals surface area contributed by atoms with Gasteiger partial charge >= 0.3 is 5.69 Å². The molecule has 1 aromatic heterocycles. The molecule has 1 heterocycles. The Kier molecular flexibility index (Phi) is 3.33. The average Bonchev–Trinajstić information content (AvgIpc) is 3.45. The first kappa shape index (κ1) is 13.9. The van der Waals surface area contributed by atoms with Crippen LogP contribution in [0.15, 0.2) is 36.5 Å². The summed E-state index contributed by atoms with van der Waals surface area (Å²) in [6, 6.07) is 10.9. The van der Waals surface area contributed by atoms with E-state index in [1.54, 1.807) is 0 Å². The molecule has 0 radical (unpaired) electrons. The second-order valence-corrected chi connectivity index (χ2v) is 6.11. The molecule has 2 aliphatic rings. The van der Waals surface area contributed by atoms with Gasteiger partial charge in [-0.2, -0.15) is 4.98 Å². The number of hydrogen-bond donors (Lipinski definition) is 2. The topological polar surface area (TPSA) is 93.0 Å². The zero-order valence-corrected chi connectivity index (χ0v) is 12.5. The number of aromatic nitrogens is 2. The maximum Gasteiger partial charge on any atom is 0.329 e. The summed E-state index contributed by atoms with van der Waals surface area (Å²) in [5.74, 6) is 1.21. The number of rotatable bonds is 6. The number of anilines is 2. The molecule has 4 rings (SSSR count). The number of nitrogens with one attached hydrogen (secondary N) is 2. The van der Waals surface area contributed by atoms with Crippen LogP contribution in [0, 0.1) is 10.1 Å². The molecule has 0 bridgehead atoms. The first-order valence-corrected chi connectivity index (χ1v) is 7.80. The van der Waals surface area contributed by atoms with Crippen LogP contribution in [-0.4, -0.2) is 27.0 Å². The van der Waals surface area contributed by atoms with Gasteiger partial charge in [0.2, 0.25) is 11.8 Å². The first-order valence-electron chi connectivity index (χ1n) is 7.80. The lowest BCUT2D eigenvalue weighted by Gasteiger charge is -2.08. The molecule has 0 amide bonds. The van der Waals surface area contributed by atoms with Crippen molar-refractivity contribution in [3.8, 4) is 0 Å². The number of nitrogens with zero attached hydrogens (tertiary/aromatic N) is 3. The van der Waals surface area contributed by atoms with Gasteiger partial charge in [-0.3, -0.25) is 10.1 Å². The highest BCUT2D eigenvalue weighted by atomic mass is 16.6. The van der Waals surface area contributed by atoms with E-state index in [0.717, 1.165) is 19.3 Å². The second kappa shape index (κ2) is 5.49. The minimum atomic E-state index is -0.446. The Balaban J connectivity index is 1.48. The standard InChI is InChI=1S/C16H17N5O2/c22-21(23)14-9-17-16(20-15(14)18-11-6-7-11)19-13-8-12(13)10-4-2-1-3-5-10/h1-5,9,11-13H,6-8H2,(H2,17,18,19,20)/t12-,13-/m0/s1. The Morgan fingerprint density at radius 1 is 1.17 bits per heavy atom.